The third kappa shape index (κ3) is 7.06. The molecule has 1 saturated heterocycles. The molecule has 2 amide bonds. The Labute approximate surface area is 186 Å². The van der Waals surface area contributed by atoms with E-state index in [0.717, 1.165) is 16.8 Å². The van der Waals surface area contributed by atoms with E-state index in [4.69, 9.17) is 21.0 Å². The largest absolute Gasteiger partial charge is 0.388 e. The molecule has 0 bridgehead atoms. The zero-order valence-electron chi connectivity index (χ0n) is 18.0. The van der Waals surface area contributed by atoms with Gasteiger partial charge in [-0.15, -0.1) is 0 Å². The maximum atomic E-state index is 11.5. The lowest BCUT2D eigenvalue weighted by Crippen LogP contribution is -2.38. The first-order chi connectivity index (χ1) is 15.4. The molecule has 0 radical (unpaired) electrons. The molecule has 1 aromatic carbocycles. The van der Waals surface area contributed by atoms with Gasteiger partial charge in [0.25, 0.3) is 0 Å². The van der Waals surface area contributed by atoms with Crippen LogP contribution in [-0.2, 0) is 25.6 Å². The minimum atomic E-state index is -0.465. The van der Waals surface area contributed by atoms with Crippen molar-refractivity contribution in [3.05, 3.63) is 41.2 Å². The van der Waals surface area contributed by atoms with Gasteiger partial charge in [0.2, 0.25) is 11.8 Å². The lowest BCUT2D eigenvalue weighted by molar-refractivity contribution is -0.117. The van der Waals surface area contributed by atoms with Gasteiger partial charge in [-0.2, -0.15) is 0 Å². The van der Waals surface area contributed by atoms with E-state index in [1.54, 1.807) is 6.21 Å². The van der Waals surface area contributed by atoms with E-state index in [1.807, 2.05) is 31.2 Å². The van der Waals surface area contributed by atoms with Crippen LogP contribution in [0, 0.1) is 0 Å². The molecule has 0 aliphatic carbocycles. The second-order valence-electron chi connectivity index (χ2n) is 7.48. The molecule has 1 fully saturated rings. The average molecular weight is 444 g/mol. The molecule has 2 aliphatic rings. The molecule has 0 aromatic heterocycles. The van der Waals surface area contributed by atoms with Crippen LogP contribution in [0.1, 0.15) is 18.1 Å². The van der Waals surface area contributed by atoms with Crippen molar-refractivity contribution in [1.29, 1.82) is 0 Å². The Balaban J connectivity index is 1.63. The highest BCUT2D eigenvalue weighted by molar-refractivity contribution is 6.00. The minimum Gasteiger partial charge on any atom is -0.388 e. The van der Waals surface area contributed by atoms with Gasteiger partial charge in [0.15, 0.2) is 0 Å². The van der Waals surface area contributed by atoms with Gasteiger partial charge in [0, 0.05) is 24.9 Å². The van der Waals surface area contributed by atoms with Crippen LogP contribution in [0.2, 0.25) is 0 Å². The number of nitrogens with one attached hydrogen (secondary N) is 2. The number of nitrogens with two attached hydrogens (primary N) is 2. The molecule has 2 aliphatic heterocycles. The fourth-order valence-corrected chi connectivity index (χ4v) is 3.26. The summed E-state index contributed by atoms with van der Waals surface area (Å²) in [5, 5.41) is 9.71. The first-order valence-electron chi connectivity index (χ1n) is 10.4. The van der Waals surface area contributed by atoms with Crippen LogP contribution in [0.4, 0.5) is 5.69 Å². The van der Waals surface area contributed by atoms with Crippen molar-refractivity contribution in [2.75, 3.05) is 44.7 Å². The molecule has 1 aromatic rings. The molecular weight excluding hydrogens is 414 g/mol. The molecule has 1 atom stereocenters. The Morgan fingerprint density at radius 3 is 2.88 bits per heavy atom. The Hall–Kier alpha value is -3.44. The number of hydrogen-bond acceptors (Lipinski definition) is 8. The van der Waals surface area contributed by atoms with E-state index in [1.165, 1.54) is 0 Å². The number of morpholine rings is 1. The van der Waals surface area contributed by atoms with E-state index in [2.05, 4.69) is 25.7 Å². The van der Waals surface area contributed by atoms with E-state index >= 15 is 0 Å². The molecule has 3 rings (SSSR count). The molecular formula is C21H29N7O4. The third-order valence-corrected chi connectivity index (χ3v) is 4.77. The highest BCUT2D eigenvalue weighted by Gasteiger charge is 2.17. The number of primary amides is 1. The summed E-state index contributed by atoms with van der Waals surface area (Å²) in [6, 6.07) is 5.62. The van der Waals surface area contributed by atoms with Crippen molar-refractivity contribution in [3.8, 4) is 0 Å². The molecule has 0 saturated carbocycles. The van der Waals surface area contributed by atoms with Crippen molar-refractivity contribution in [2.24, 2.45) is 21.6 Å². The summed E-state index contributed by atoms with van der Waals surface area (Å²) < 4.78 is 5.41. The summed E-state index contributed by atoms with van der Waals surface area (Å²) in [7, 11) is 0. The number of amides is 2. The predicted octanol–water partition coefficient (Wildman–Crippen LogP) is -0.474. The SMILES string of the molecule is CC(/C=C(\N=C(N)CNCC(N)=O)N1CCOCC1)O/N=C/c1ccc2c(c1)CC(=O)N2. The highest BCUT2D eigenvalue weighted by atomic mass is 16.6. The summed E-state index contributed by atoms with van der Waals surface area (Å²) in [5.74, 6) is 0.495. The van der Waals surface area contributed by atoms with Crippen LogP contribution in [0.3, 0.4) is 0 Å². The van der Waals surface area contributed by atoms with Crippen molar-refractivity contribution in [2.45, 2.75) is 19.4 Å². The van der Waals surface area contributed by atoms with Gasteiger partial charge in [-0.3, -0.25) is 9.59 Å². The molecule has 172 valence electrons. The topological polar surface area (TPSA) is 157 Å². The van der Waals surface area contributed by atoms with Gasteiger partial charge in [-0.25, -0.2) is 4.99 Å². The molecule has 6 N–H and O–H groups in total. The van der Waals surface area contributed by atoms with Gasteiger partial charge in [0.05, 0.1) is 38.9 Å². The monoisotopic (exact) mass is 443 g/mol. The molecule has 2 heterocycles. The van der Waals surface area contributed by atoms with Crippen molar-refractivity contribution >= 4 is 29.6 Å². The number of anilines is 1. The second-order valence-corrected chi connectivity index (χ2v) is 7.48. The number of amidine groups is 1. The molecule has 1 unspecified atom stereocenters. The first kappa shape index (κ1) is 23.2. The van der Waals surface area contributed by atoms with Crippen LogP contribution in [0.25, 0.3) is 0 Å². The standard InChI is InChI=1S/C21H29N7O4/c1-14(32-25-11-15-2-3-17-16(9-15)10-21(30)26-17)8-20(28-4-6-31-7-5-28)27-18(22)12-24-13-19(23)29/h2-3,8-9,11,14,24H,4-7,10,12-13H2,1H3,(H2,22,27)(H2,23,29)(H,26,30)/b20-8+,25-11+. The van der Waals surface area contributed by atoms with E-state index in [9.17, 15) is 9.59 Å². The summed E-state index contributed by atoms with van der Waals surface area (Å²) in [5.41, 5.74) is 13.7. The molecule has 0 spiro atoms. The second kappa shape index (κ2) is 11.3. The summed E-state index contributed by atoms with van der Waals surface area (Å²) in [4.78, 5) is 34.5. The summed E-state index contributed by atoms with van der Waals surface area (Å²) >= 11 is 0. The first-order valence-corrected chi connectivity index (χ1v) is 10.4. The number of carbonyl (C=O) groups excluding carboxylic acids is 2. The Kier molecular flexibility index (Phi) is 8.17. The number of nitrogens with zero attached hydrogens (tertiary/aromatic N) is 3. The average Bonchev–Trinajstić information content (AvgIpc) is 3.13. The fourth-order valence-electron chi connectivity index (χ4n) is 3.26. The lowest BCUT2D eigenvalue weighted by Gasteiger charge is -2.29. The molecule has 11 nitrogen and oxygen atoms in total. The summed E-state index contributed by atoms with van der Waals surface area (Å²) in [6.45, 7) is 4.64. The fraction of sp³-hybridized carbons (Fsp3) is 0.429. The maximum absolute atomic E-state index is 11.5. The zero-order chi connectivity index (χ0) is 22.9. The number of aliphatic imine (C=N–C) groups is 1. The summed E-state index contributed by atoms with van der Waals surface area (Å²) in [6.07, 6.45) is 3.42. The number of fused-ring (bicyclic) bond motifs is 1. The van der Waals surface area contributed by atoms with E-state index < -0.39 is 5.91 Å². The number of rotatable bonds is 10. The van der Waals surface area contributed by atoms with Gasteiger partial charge in [-0.1, -0.05) is 11.2 Å². The predicted molar refractivity (Wildman–Crippen MR) is 121 cm³/mol. The number of benzene rings is 1. The van der Waals surface area contributed by atoms with Crippen LogP contribution in [-0.4, -0.2) is 74.3 Å². The lowest BCUT2D eigenvalue weighted by atomic mass is 10.1. The number of carbonyl (C=O) groups is 2. The Morgan fingerprint density at radius 2 is 2.12 bits per heavy atom. The zero-order valence-corrected chi connectivity index (χ0v) is 18.0. The number of ether oxygens (including phenoxy) is 1. The van der Waals surface area contributed by atoms with Gasteiger partial charge in [-0.05, 0) is 30.2 Å². The van der Waals surface area contributed by atoms with Crippen LogP contribution >= 0.6 is 0 Å². The van der Waals surface area contributed by atoms with Crippen molar-refractivity contribution in [3.63, 3.8) is 0 Å². The van der Waals surface area contributed by atoms with Crippen LogP contribution in [0.5, 0.6) is 0 Å². The number of hydrogen-bond donors (Lipinski definition) is 4. The molecule has 11 heteroatoms. The van der Waals surface area contributed by atoms with Gasteiger partial charge >= 0.3 is 0 Å². The van der Waals surface area contributed by atoms with Crippen molar-refractivity contribution < 1.29 is 19.2 Å². The molecule has 32 heavy (non-hydrogen) atoms. The van der Waals surface area contributed by atoms with Gasteiger partial charge < -0.3 is 36.6 Å². The van der Waals surface area contributed by atoms with Crippen LogP contribution in [0.15, 0.2) is 40.2 Å². The van der Waals surface area contributed by atoms with E-state index in [0.29, 0.717) is 44.4 Å². The normalized spacial score (nSPS) is 17.9. The third-order valence-electron chi connectivity index (χ3n) is 4.77. The Bertz CT molecular complexity index is 923. The quantitative estimate of drug-likeness (QED) is 0.216. The highest BCUT2D eigenvalue weighted by Crippen LogP contribution is 2.23. The van der Waals surface area contributed by atoms with Crippen molar-refractivity contribution in [1.82, 2.24) is 10.2 Å². The maximum Gasteiger partial charge on any atom is 0.231 e. The minimum absolute atomic E-state index is 0.00982. The number of oxime groups is 1. The smallest absolute Gasteiger partial charge is 0.231 e. The van der Waals surface area contributed by atoms with Crippen LogP contribution < -0.4 is 22.1 Å². The Morgan fingerprint density at radius 1 is 1.34 bits per heavy atom. The van der Waals surface area contributed by atoms with Gasteiger partial charge in [0.1, 0.15) is 17.8 Å². The van der Waals surface area contributed by atoms with E-state index in [-0.39, 0.29) is 25.1 Å².